The zero-order chi connectivity index (χ0) is 17.9. The molecule has 0 heterocycles. The van der Waals surface area contributed by atoms with E-state index in [1.807, 2.05) is 0 Å². The van der Waals surface area contributed by atoms with Crippen molar-refractivity contribution < 1.29 is 8.85 Å². The van der Waals surface area contributed by atoms with Gasteiger partial charge in [-0.25, -0.2) is 0 Å². The molecule has 1 aliphatic carbocycles. The van der Waals surface area contributed by atoms with Crippen molar-refractivity contribution in [2.45, 2.75) is 85.7 Å². The highest BCUT2D eigenvalue weighted by molar-refractivity contribution is 6.70. The maximum atomic E-state index is 6.36. The largest absolute Gasteiger partial charge is 0.548 e. The molecule has 0 N–H and O–H groups in total. The van der Waals surface area contributed by atoms with E-state index in [2.05, 4.69) is 72.2 Å². The Morgan fingerprint density at radius 2 is 1.74 bits per heavy atom. The minimum absolute atomic E-state index is 0.0797. The van der Waals surface area contributed by atoms with Crippen LogP contribution in [0, 0.1) is 11.3 Å². The molecule has 23 heavy (non-hydrogen) atoms. The smallest absolute Gasteiger partial charge is 0.241 e. The minimum atomic E-state index is -1.56. The van der Waals surface area contributed by atoms with Crippen molar-refractivity contribution in [2.24, 2.45) is 11.3 Å². The molecule has 0 aliphatic heterocycles. The van der Waals surface area contributed by atoms with Gasteiger partial charge in [0.15, 0.2) is 0 Å². The van der Waals surface area contributed by atoms with Crippen molar-refractivity contribution in [3.8, 4) is 0 Å². The number of hydrogen-bond acceptors (Lipinski definition) is 2. The fraction of sp³-hybridized carbons (Fsp3) is 0.789. The summed E-state index contributed by atoms with van der Waals surface area (Å²) in [6.45, 7) is 20.3. The van der Waals surface area contributed by atoms with Crippen LogP contribution in [0.3, 0.4) is 0 Å². The van der Waals surface area contributed by atoms with Crippen LogP contribution in [0.2, 0.25) is 39.3 Å². The summed E-state index contributed by atoms with van der Waals surface area (Å²) in [4.78, 5) is 0. The first-order valence-electron chi connectivity index (χ1n) is 9.06. The zero-order valence-electron chi connectivity index (χ0n) is 16.9. The van der Waals surface area contributed by atoms with Gasteiger partial charge in [0.25, 0.3) is 0 Å². The molecular formula is C19H38O2Si2. The molecule has 0 radical (unpaired) electrons. The van der Waals surface area contributed by atoms with E-state index < -0.39 is 16.6 Å². The molecule has 0 amide bonds. The molecule has 0 aromatic heterocycles. The fourth-order valence-corrected chi connectivity index (χ4v) is 4.73. The molecule has 0 bridgehead atoms. The monoisotopic (exact) mass is 354 g/mol. The minimum Gasteiger partial charge on any atom is -0.548 e. The Morgan fingerprint density at radius 1 is 1.13 bits per heavy atom. The van der Waals surface area contributed by atoms with Gasteiger partial charge >= 0.3 is 0 Å². The third kappa shape index (κ3) is 8.80. The van der Waals surface area contributed by atoms with E-state index in [4.69, 9.17) is 8.85 Å². The summed E-state index contributed by atoms with van der Waals surface area (Å²) >= 11 is 0. The van der Waals surface area contributed by atoms with Crippen molar-refractivity contribution >= 4 is 16.6 Å². The van der Waals surface area contributed by atoms with Crippen molar-refractivity contribution in [1.82, 2.24) is 0 Å². The van der Waals surface area contributed by atoms with Crippen LogP contribution in [0.25, 0.3) is 0 Å². The van der Waals surface area contributed by atoms with E-state index in [9.17, 15) is 0 Å². The Bertz CT molecular complexity index is 445. The molecule has 1 rings (SSSR count). The summed E-state index contributed by atoms with van der Waals surface area (Å²) in [5.74, 6) is 3.00. The van der Waals surface area contributed by atoms with Crippen molar-refractivity contribution in [2.75, 3.05) is 0 Å². The number of rotatable bonds is 6. The average molecular weight is 355 g/mol. The van der Waals surface area contributed by atoms with Crippen LogP contribution < -0.4 is 0 Å². The quantitative estimate of drug-likeness (QED) is 0.390. The molecule has 0 fully saturated rings. The Kier molecular flexibility index (Phi) is 6.79. The molecule has 0 spiro atoms. The molecule has 0 saturated carbocycles. The second-order valence-corrected chi connectivity index (χ2v) is 18.6. The van der Waals surface area contributed by atoms with Gasteiger partial charge in [0.1, 0.15) is 0 Å². The van der Waals surface area contributed by atoms with Crippen molar-refractivity contribution in [3.05, 3.63) is 23.7 Å². The second-order valence-electron chi connectivity index (χ2n) is 9.77. The van der Waals surface area contributed by atoms with Crippen molar-refractivity contribution in [1.29, 1.82) is 0 Å². The lowest BCUT2D eigenvalue weighted by atomic mass is 9.88. The van der Waals surface area contributed by atoms with Gasteiger partial charge in [-0.15, -0.1) is 0 Å². The molecule has 1 aliphatic rings. The summed E-state index contributed by atoms with van der Waals surface area (Å²) < 4.78 is 12.6. The van der Waals surface area contributed by atoms with E-state index in [1.54, 1.807) is 0 Å². The van der Waals surface area contributed by atoms with Gasteiger partial charge < -0.3 is 8.85 Å². The normalized spacial score (nSPS) is 21.0. The van der Waals surface area contributed by atoms with E-state index in [0.29, 0.717) is 5.92 Å². The van der Waals surface area contributed by atoms with Crippen LogP contribution in [-0.4, -0.2) is 16.6 Å². The number of hydrogen-bond donors (Lipinski definition) is 0. The van der Waals surface area contributed by atoms with Gasteiger partial charge in [-0.05, 0) is 76.6 Å². The van der Waals surface area contributed by atoms with Gasteiger partial charge in [0.05, 0.1) is 11.5 Å². The molecule has 0 aromatic rings. The van der Waals surface area contributed by atoms with E-state index >= 15 is 0 Å². The Balaban J connectivity index is 2.81. The van der Waals surface area contributed by atoms with Gasteiger partial charge in [0.2, 0.25) is 16.6 Å². The number of allylic oxidation sites excluding steroid dienone is 4. The SMILES string of the molecule is CC(C)(C)/C(=C/CC1C=C(O[Si](C)(C)C)CCC1)O[Si](C)(C)C. The van der Waals surface area contributed by atoms with Crippen LogP contribution in [0.15, 0.2) is 23.7 Å². The highest BCUT2D eigenvalue weighted by Gasteiger charge is 2.26. The third-order valence-corrected chi connectivity index (χ3v) is 5.33. The highest BCUT2D eigenvalue weighted by Crippen LogP contribution is 2.33. The lowest BCUT2D eigenvalue weighted by Gasteiger charge is -2.31. The summed E-state index contributed by atoms with van der Waals surface area (Å²) in [6, 6.07) is 0. The van der Waals surface area contributed by atoms with Gasteiger partial charge in [-0.2, -0.15) is 0 Å². The molecule has 4 heteroatoms. The topological polar surface area (TPSA) is 18.5 Å². The first-order valence-corrected chi connectivity index (χ1v) is 15.9. The van der Waals surface area contributed by atoms with Crippen LogP contribution in [0.5, 0.6) is 0 Å². The Hall–Kier alpha value is -0.486. The molecule has 134 valence electrons. The summed E-state index contributed by atoms with van der Waals surface area (Å²) in [5.41, 5.74) is 0.0797. The molecule has 0 aromatic carbocycles. The maximum absolute atomic E-state index is 6.36. The summed E-state index contributed by atoms with van der Waals surface area (Å²) in [5, 5.41) is 0. The first-order chi connectivity index (χ1) is 10.3. The highest BCUT2D eigenvalue weighted by atomic mass is 28.4. The lowest BCUT2D eigenvalue weighted by molar-refractivity contribution is 0.284. The maximum Gasteiger partial charge on any atom is 0.241 e. The van der Waals surface area contributed by atoms with Crippen LogP contribution in [-0.2, 0) is 8.85 Å². The fourth-order valence-electron chi connectivity index (χ4n) is 2.72. The van der Waals surface area contributed by atoms with Crippen molar-refractivity contribution in [3.63, 3.8) is 0 Å². The van der Waals surface area contributed by atoms with Gasteiger partial charge in [-0.1, -0.05) is 20.8 Å². The second kappa shape index (κ2) is 7.60. The predicted octanol–water partition coefficient (Wildman–Crippen LogP) is 6.69. The summed E-state index contributed by atoms with van der Waals surface area (Å²) in [6.07, 6.45) is 9.41. The predicted molar refractivity (Wildman–Crippen MR) is 106 cm³/mol. The molecule has 0 saturated heterocycles. The van der Waals surface area contributed by atoms with Gasteiger partial charge in [-0.3, -0.25) is 0 Å². The lowest BCUT2D eigenvalue weighted by Crippen LogP contribution is -2.29. The third-order valence-electron chi connectivity index (χ3n) is 3.62. The zero-order valence-corrected chi connectivity index (χ0v) is 18.9. The molecular weight excluding hydrogens is 316 g/mol. The van der Waals surface area contributed by atoms with Gasteiger partial charge in [0, 0.05) is 11.8 Å². The van der Waals surface area contributed by atoms with E-state index in [0.717, 1.165) is 12.8 Å². The molecule has 1 unspecified atom stereocenters. The summed E-state index contributed by atoms with van der Waals surface area (Å²) in [7, 11) is -3.05. The Labute approximate surface area is 146 Å². The van der Waals surface area contributed by atoms with Crippen LogP contribution in [0.1, 0.15) is 46.5 Å². The average Bonchev–Trinajstić information content (AvgIpc) is 2.30. The standard InChI is InChI=1S/C19H38O2Si2/c1-19(2,3)18(21-23(7,8)9)14-13-16-11-10-12-17(15-16)20-22(4,5)6/h14-16H,10-13H2,1-9H3/b18-14-. The first kappa shape index (κ1) is 20.6. The van der Waals surface area contributed by atoms with Crippen LogP contribution >= 0.6 is 0 Å². The Morgan fingerprint density at radius 3 is 2.22 bits per heavy atom. The van der Waals surface area contributed by atoms with E-state index in [-0.39, 0.29) is 5.41 Å². The van der Waals surface area contributed by atoms with Crippen LogP contribution in [0.4, 0.5) is 0 Å². The molecule has 1 atom stereocenters. The van der Waals surface area contributed by atoms with E-state index in [1.165, 1.54) is 24.4 Å². The molecule has 2 nitrogen and oxygen atoms in total.